The van der Waals surface area contributed by atoms with Gasteiger partial charge in [-0.15, -0.1) is 0 Å². The summed E-state index contributed by atoms with van der Waals surface area (Å²) in [5.41, 5.74) is -1.76. The van der Waals surface area contributed by atoms with Crippen LogP contribution < -0.4 is 10.6 Å². The van der Waals surface area contributed by atoms with Crippen LogP contribution in [0.5, 0.6) is 0 Å². The average Bonchev–Trinajstić information content (AvgIpc) is 2.31. The van der Waals surface area contributed by atoms with E-state index in [0.717, 1.165) is 0 Å². The second-order valence-corrected chi connectivity index (χ2v) is 10.1. The van der Waals surface area contributed by atoms with E-state index in [1.807, 2.05) is 36.4 Å². The minimum atomic E-state index is -1.76. The van der Waals surface area contributed by atoms with Crippen LogP contribution in [-0.4, -0.2) is 0 Å². The molecule has 2 rings (SSSR count). The Labute approximate surface area is 101 Å². The van der Waals surface area contributed by atoms with Gasteiger partial charge in [-0.05, 0) is 24.3 Å². The van der Waals surface area contributed by atoms with Crippen molar-refractivity contribution in [3.8, 4) is 0 Å². The van der Waals surface area contributed by atoms with Gasteiger partial charge in [0.05, 0.1) is 0 Å². The number of thiol groups is 2. The zero-order valence-corrected chi connectivity index (χ0v) is 10.8. The van der Waals surface area contributed by atoms with E-state index < -0.39 is 5.67 Å². The highest BCUT2D eigenvalue weighted by molar-refractivity contribution is 8.89. The molecule has 0 aliphatic carbocycles. The summed E-state index contributed by atoms with van der Waals surface area (Å²) in [7, 11) is 0. The van der Waals surface area contributed by atoms with Crippen molar-refractivity contribution >= 4 is 40.8 Å². The Kier molecular flexibility index (Phi) is 3.40. The molecule has 0 unspecified atom stereocenters. The molecule has 0 fully saturated rings. The van der Waals surface area contributed by atoms with Gasteiger partial charge in [0.1, 0.15) is 10.6 Å². The molecule has 0 radical (unpaired) electrons. The first-order valence-corrected chi connectivity index (χ1v) is 8.76. The third-order valence-electron chi connectivity index (χ3n) is 2.23. The Balaban J connectivity index is 2.44. The van der Waals surface area contributed by atoms with Crippen molar-refractivity contribution in [2.75, 3.05) is 0 Å². The summed E-state index contributed by atoms with van der Waals surface area (Å²) in [6.07, 6.45) is 0. The average molecular weight is 251 g/mol. The summed E-state index contributed by atoms with van der Waals surface area (Å²) in [5, 5.41) is 2.39. The van der Waals surface area contributed by atoms with Crippen molar-refractivity contribution in [2.45, 2.75) is 0 Å². The van der Waals surface area contributed by atoms with Gasteiger partial charge >= 0.3 is 0 Å². The Hall–Kier alpha value is -0.430. The molecule has 0 spiro atoms. The molecule has 0 amide bonds. The van der Waals surface area contributed by atoms with Gasteiger partial charge in [0.2, 0.25) is 0 Å². The molecular formula is C12H12PS2+. The van der Waals surface area contributed by atoms with Crippen LogP contribution in [0.4, 0.5) is 0 Å². The SMILES string of the molecule is S[P+](S)(c1ccccc1)c1ccccc1. The second-order valence-electron chi connectivity index (χ2n) is 3.27. The van der Waals surface area contributed by atoms with Gasteiger partial charge in [0, 0.05) is 24.5 Å². The minimum absolute atomic E-state index is 1.20. The number of benzene rings is 2. The molecule has 2 aromatic carbocycles. The van der Waals surface area contributed by atoms with Gasteiger partial charge in [-0.3, -0.25) is 0 Å². The maximum absolute atomic E-state index is 4.74. The van der Waals surface area contributed by atoms with E-state index in [0.29, 0.717) is 0 Å². The first-order chi connectivity index (χ1) is 7.21. The summed E-state index contributed by atoms with van der Waals surface area (Å²) in [4.78, 5) is 0. The predicted octanol–water partition coefficient (Wildman–Crippen LogP) is 3.34. The number of rotatable bonds is 2. The van der Waals surface area contributed by atoms with Gasteiger partial charge in [-0.1, -0.05) is 36.4 Å². The van der Waals surface area contributed by atoms with Gasteiger partial charge in [0.15, 0.2) is 5.67 Å². The lowest BCUT2D eigenvalue weighted by Gasteiger charge is -2.13. The fourth-order valence-electron chi connectivity index (χ4n) is 1.42. The van der Waals surface area contributed by atoms with Crippen molar-refractivity contribution in [3.63, 3.8) is 0 Å². The molecule has 0 saturated heterocycles. The highest BCUT2D eigenvalue weighted by atomic mass is 33.1. The van der Waals surface area contributed by atoms with Crippen LogP contribution in [0.2, 0.25) is 0 Å². The van der Waals surface area contributed by atoms with E-state index in [1.165, 1.54) is 10.6 Å². The molecule has 2 aromatic rings. The molecule has 0 atom stereocenters. The third kappa shape index (κ3) is 2.39. The summed E-state index contributed by atoms with van der Waals surface area (Å²) < 4.78 is 0. The summed E-state index contributed by atoms with van der Waals surface area (Å²) in [6.45, 7) is 0. The van der Waals surface area contributed by atoms with Crippen LogP contribution in [-0.2, 0) is 0 Å². The molecule has 3 heteroatoms. The Morgan fingerprint density at radius 2 is 0.933 bits per heavy atom. The standard InChI is InChI=1S/C12H12PS2/c14-13(15,11-7-3-1-4-8-11)12-9-5-2-6-10-12/h1-10,14-15H/q+1. The second kappa shape index (κ2) is 4.61. The topological polar surface area (TPSA) is 0 Å². The zero-order chi connectivity index (χ0) is 10.7. The number of hydrogen-bond donors (Lipinski definition) is 2. The Morgan fingerprint density at radius 1 is 0.600 bits per heavy atom. The molecule has 0 nitrogen and oxygen atoms in total. The maximum Gasteiger partial charge on any atom is 0.190 e. The molecule has 0 saturated carbocycles. The highest BCUT2D eigenvalue weighted by Gasteiger charge is 2.35. The Morgan fingerprint density at radius 3 is 1.27 bits per heavy atom. The summed E-state index contributed by atoms with van der Waals surface area (Å²) in [5.74, 6) is 0. The van der Waals surface area contributed by atoms with Crippen molar-refractivity contribution in [2.24, 2.45) is 0 Å². The van der Waals surface area contributed by atoms with E-state index in [1.54, 1.807) is 0 Å². The fraction of sp³-hybridized carbons (Fsp3) is 0. The minimum Gasteiger partial charge on any atom is -0.0620 e. The van der Waals surface area contributed by atoms with Gasteiger partial charge < -0.3 is 0 Å². The van der Waals surface area contributed by atoms with Crippen molar-refractivity contribution in [1.29, 1.82) is 0 Å². The largest absolute Gasteiger partial charge is 0.190 e. The quantitative estimate of drug-likeness (QED) is 0.593. The van der Waals surface area contributed by atoms with Crippen molar-refractivity contribution < 1.29 is 0 Å². The van der Waals surface area contributed by atoms with E-state index >= 15 is 0 Å². The van der Waals surface area contributed by atoms with E-state index in [4.69, 9.17) is 24.5 Å². The van der Waals surface area contributed by atoms with Crippen LogP contribution in [0.25, 0.3) is 0 Å². The molecule has 0 bridgehead atoms. The van der Waals surface area contributed by atoms with Gasteiger partial charge in [0.25, 0.3) is 0 Å². The molecule has 0 aliphatic rings. The molecule has 0 aromatic heterocycles. The third-order valence-corrected chi connectivity index (χ3v) is 7.04. The summed E-state index contributed by atoms with van der Waals surface area (Å²) >= 11 is 9.48. The first kappa shape index (κ1) is 11.1. The van der Waals surface area contributed by atoms with E-state index in [9.17, 15) is 0 Å². The lowest BCUT2D eigenvalue weighted by molar-refractivity contribution is 1.76. The predicted molar refractivity (Wildman–Crippen MR) is 77.0 cm³/mol. The normalized spacial score (nSPS) is 11.3. The molecule has 15 heavy (non-hydrogen) atoms. The lowest BCUT2D eigenvalue weighted by atomic mass is 10.4. The molecular weight excluding hydrogens is 239 g/mol. The molecule has 76 valence electrons. The van der Waals surface area contributed by atoms with Crippen LogP contribution in [0.3, 0.4) is 0 Å². The van der Waals surface area contributed by atoms with E-state index in [-0.39, 0.29) is 0 Å². The Bertz CT molecular complexity index is 384. The van der Waals surface area contributed by atoms with Crippen molar-refractivity contribution in [1.82, 2.24) is 0 Å². The molecule has 0 heterocycles. The smallest absolute Gasteiger partial charge is 0.0620 e. The molecule has 0 aliphatic heterocycles. The van der Waals surface area contributed by atoms with Crippen LogP contribution in [0, 0.1) is 0 Å². The zero-order valence-electron chi connectivity index (χ0n) is 8.12. The first-order valence-electron chi connectivity index (χ1n) is 4.67. The number of hydrogen-bond acceptors (Lipinski definition) is 2. The highest BCUT2D eigenvalue weighted by Crippen LogP contribution is 2.65. The monoisotopic (exact) mass is 251 g/mol. The van der Waals surface area contributed by atoms with E-state index in [2.05, 4.69) is 24.3 Å². The van der Waals surface area contributed by atoms with Gasteiger partial charge in [-0.25, -0.2) is 0 Å². The summed E-state index contributed by atoms with van der Waals surface area (Å²) in [6, 6.07) is 20.5. The van der Waals surface area contributed by atoms with Crippen molar-refractivity contribution in [3.05, 3.63) is 60.7 Å². The molecule has 0 N–H and O–H groups in total. The maximum atomic E-state index is 4.74. The van der Waals surface area contributed by atoms with Crippen LogP contribution in [0.15, 0.2) is 60.7 Å². The fourth-order valence-corrected chi connectivity index (χ4v) is 4.49. The lowest BCUT2D eigenvalue weighted by Crippen LogP contribution is -2.13. The van der Waals surface area contributed by atoms with Crippen LogP contribution in [0.1, 0.15) is 0 Å². The van der Waals surface area contributed by atoms with Gasteiger partial charge in [-0.2, -0.15) is 0 Å². The van der Waals surface area contributed by atoms with Crippen LogP contribution >= 0.6 is 30.2 Å².